The smallest absolute Gasteiger partial charge is 0.407 e. The van der Waals surface area contributed by atoms with Crippen LogP contribution >= 0.6 is 11.5 Å². The normalized spacial score (nSPS) is 17.8. The third-order valence-electron chi connectivity index (χ3n) is 2.73. The van der Waals surface area contributed by atoms with E-state index in [1.54, 1.807) is 0 Å². The van der Waals surface area contributed by atoms with Crippen molar-refractivity contribution in [2.75, 3.05) is 23.8 Å². The number of aromatic nitrogens is 1. The Bertz CT molecular complexity index is 515. The average Bonchev–Trinajstić information content (AvgIpc) is 2.64. The molecular weight excluding hydrogens is 280 g/mol. The molecule has 0 saturated heterocycles. The standard InChI is InChI=1S/C12H18N4O3S/c1-6(2)5-19-12(18)14-8-4-13-11-9(15-10(8)17)7(3)16-20-11/h6,8,13H,4-5H2,1-3H3,(H,14,18)(H,15,17). The van der Waals surface area contributed by atoms with Crippen LogP contribution in [-0.4, -0.2) is 35.6 Å². The maximum absolute atomic E-state index is 12.1. The van der Waals surface area contributed by atoms with Crippen molar-refractivity contribution in [3.63, 3.8) is 0 Å². The molecule has 0 aromatic carbocycles. The number of anilines is 2. The van der Waals surface area contributed by atoms with E-state index in [1.807, 2.05) is 20.8 Å². The van der Waals surface area contributed by atoms with Crippen LogP contribution in [0.2, 0.25) is 0 Å². The summed E-state index contributed by atoms with van der Waals surface area (Å²) in [5.74, 6) is -0.0244. The van der Waals surface area contributed by atoms with Gasteiger partial charge in [-0.3, -0.25) is 4.79 Å². The second-order valence-electron chi connectivity index (χ2n) is 5.03. The number of carbonyl (C=O) groups is 2. The van der Waals surface area contributed by atoms with E-state index < -0.39 is 12.1 Å². The SMILES string of the molecule is Cc1nsc2c1NC(=O)C(NC(=O)OCC(C)C)CN2. The van der Waals surface area contributed by atoms with Gasteiger partial charge in [-0.05, 0) is 24.4 Å². The summed E-state index contributed by atoms with van der Waals surface area (Å²) in [4.78, 5) is 23.7. The number of nitrogens with zero attached hydrogens (tertiary/aromatic N) is 1. The van der Waals surface area contributed by atoms with E-state index in [9.17, 15) is 9.59 Å². The number of hydrogen-bond donors (Lipinski definition) is 3. The van der Waals surface area contributed by atoms with Crippen LogP contribution in [0, 0.1) is 12.8 Å². The van der Waals surface area contributed by atoms with E-state index >= 15 is 0 Å². The van der Waals surface area contributed by atoms with Crippen LogP contribution in [0.5, 0.6) is 0 Å². The molecule has 1 atom stereocenters. The number of hydrogen-bond acceptors (Lipinski definition) is 6. The number of alkyl carbamates (subject to hydrolysis) is 1. The molecule has 0 aliphatic carbocycles. The Kier molecular flexibility index (Phi) is 4.43. The third kappa shape index (κ3) is 3.38. The van der Waals surface area contributed by atoms with Gasteiger partial charge in [0.2, 0.25) is 5.91 Å². The van der Waals surface area contributed by atoms with Crippen molar-refractivity contribution < 1.29 is 14.3 Å². The summed E-state index contributed by atoms with van der Waals surface area (Å²) in [7, 11) is 0. The minimum atomic E-state index is -0.673. The summed E-state index contributed by atoms with van der Waals surface area (Å²) in [6, 6.07) is -0.673. The topological polar surface area (TPSA) is 92.4 Å². The van der Waals surface area contributed by atoms with Crippen LogP contribution in [-0.2, 0) is 9.53 Å². The Labute approximate surface area is 121 Å². The van der Waals surface area contributed by atoms with E-state index in [4.69, 9.17) is 4.74 Å². The number of rotatable bonds is 3. The number of carbonyl (C=O) groups excluding carboxylic acids is 2. The van der Waals surface area contributed by atoms with Crippen molar-refractivity contribution in [3.8, 4) is 0 Å². The van der Waals surface area contributed by atoms with Crippen LogP contribution in [0.1, 0.15) is 19.5 Å². The summed E-state index contributed by atoms with van der Waals surface area (Å²) in [6.45, 7) is 6.34. The molecule has 1 unspecified atom stereocenters. The Morgan fingerprint density at radius 1 is 1.60 bits per heavy atom. The van der Waals surface area contributed by atoms with Crippen molar-refractivity contribution >= 4 is 34.2 Å². The van der Waals surface area contributed by atoms with E-state index in [0.717, 1.165) is 10.7 Å². The van der Waals surface area contributed by atoms with Gasteiger partial charge >= 0.3 is 6.09 Å². The number of fused-ring (bicyclic) bond motifs is 1. The van der Waals surface area contributed by atoms with Gasteiger partial charge in [0.05, 0.1) is 18.0 Å². The van der Waals surface area contributed by atoms with Gasteiger partial charge < -0.3 is 20.7 Å². The third-order valence-corrected chi connectivity index (χ3v) is 3.63. The van der Waals surface area contributed by atoms with Crippen LogP contribution in [0.4, 0.5) is 15.5 Å². The Balaban J connectivity index is 1.95. The first-order valence-electron chi connectivity index (χ1n) is 6.41. The summed E-state index contributed by atoms with van der Waals surface area (Å²) in [5.41, 5.74) is 1.44. The highest BCUT2D eigenvalue weighted by Gasteiger charge is 2.27. The lowest BCUT2D eigenvalue weighted by Crippen LogP contribution is -2.47. The summed E-state index contributed by atoms with van der Waals surface area (Å²) >= 11 is 1.28. The summed E-state index contributed by atoms with van der Waals surface area (Å²) in [5, 5.41) is 9.22. The molecule has 2 heterocycles. The highest BCUT2D eigenvalue weighted by Crippen LogP contribution is 2.31. The van der Waals surface area contributed by atoms with Crippen molar-refractivity contribution in [1.82, 2.24) is 9.69 Å². The molecule has 7 nitrogen and oxygen atoms in total. The molecule has 110 valence electrons. The Hall–Kier alpha value is -1.83. The van der Waals surface area contributed by atoms with Gasteiger partial charge in [0, 0.05) is 6.54 Å². The molecule has 0 spiro atoms. The first kappa shape index (κ1) is 14.6. The molecule has 1 aliphatic heterocycles. The summed E-state index contributed by atoms with van der Waals surface area (Å²) in [6.07, 6.45) is -0.583. The quantitative estimate of drug-likeness (QED) is 0.787. The molecule has 0 bridgehead atoms. The number of ether oxygens (including phenoxy) is 1. The molecule has 20 heavy (non-hydrogen) atoms. The van der Waals surface area contributed by atoms with Gasteiger partial charge in [0.25, 0.3) is 0 Å². The second-order valence-corrected chi connectivity index (χ2v) is 5.80. The van der Waals surface area contributed by atoms with Crippen molar-refractivity contribution in [2.45, 2.75) is 26.8 Å². The number of aryl methyl sites for hydroxylation is 1. The molecule has 3 N–H and O–H groups in total. The zero-order valence-corrected chi connectivity index (χ0v) is 12.5. The molecule has 2 rings (SSSR count). The lowest BCUT2D eigenvalue weighted by atomic mass is 10.2. The molecule has 0 radical (unpaired) electrons. The number of nitrogens with one attached hydrogen (secondary N) is 3. The fourth-order valence-electron chi connectivity index (χ4n) is 1.68. The van der Waals surface area contributed by atoms with Crippen molar-refractivity contribution in [3.05, 3.63) is 5.69 Å². The van der Waals surface area contributed by atoms with E-state index in [1.165, 1.54) is 11.5 Å². The van der Waals surface area contributed by atoms with Crippen molar-refractivity contribution in [1.29, 1.82) is 0 Å². The number of amides is 2. The van der Waals surface area contributed by atoms with Gasteiger partial charge in [0.15, 0.2) is 0 Å². The lowest BCUT2D eigenvalue weighted by molar-refractivity contribution is -0.117. The van der Waals surface area contributed by atoms with Gasteiger partial charge in [-0.2, -0.15) is 4.37 Å². The molecule has 1 aromatic rings. The van der Waals surface area contributed by atoms with E-state index in [-0.39, 0.29) is 11.8 Å². The van der Waals surface area contributed by atoms with Gasteiger partial charge in [-0.15, -0.1) is 0 Å². The molecule has 0 fully saturated rings. The van der Waals surface area contributed by atoms with E-state index in [2.05, 4.69) is 20.3 Å². The largest absolute Gasteiger partial charge is 0.449 e. The van der Waals surface area contributed by atoms with Crippen molar-refractivity contribution in [2.24, 2.45) is 5.92 Å². The van der Waals surface area contributed by atoms with Crippen LogP contribution in [0.25, 0.3) is 0 Å². The zero-order chi connectivity index (χ0) is 14.7. The highest BCUT2D eigenvalue weighted by atomic mass is 32.1. The molecule has 2 amide bonds. The van der Waals surface area contributed by atoms with Crippen LogP contribution in [0.3, 0.4) is 0 Å². The molecule has 8 heteroatoms. The Morgan fingerprint density at radius 3 is 3.05 bits per heavy atom. The maximum atomic E-state index is 12.1. The molecule has 1 aromatic heterocycles. The minimum Gasteiger partial charge on any atom is -0.449 e. The highest BCUT2D eigenvalue weighted by molar-refractivity contribution is 7.11. The van der Waals surface area contributed by atoms with Crippen LogP contribution in [0.15, 0.2) is 0 Å². The predicted molar refractivity (Wildman–Crippen MR) is 77.1 cm³/mol. The fraction of sp³-hybridized carbons (Fsp3) is 0.583. The minimum absolute atomic E-state index is 0.252. The average molecular weight is 298 g/mol. The van der Waals surface area contributed by atoms with Crippen LogP contribution < -0.4 is 16.0 Å². The first-order valence-corrected chi connectivity index (χ1v) is 7.19. The molecule has 0 saturated carbocycles. The monoisotopic (exact) mass is 298 g/mol. The molecule has 1 aliphatic rings. The molecular formula is C12H18N4O3S. The predicted octanol–water partition coefficient (Wildman–Crippen LogP) is 1.57. The summed E-state index contributed by atoms with van der Waals surface area (Å²) < 4.78 is 9.17. The van der Waals surface area contributed by atoms with E-state index in [0.29, 0.717) is 18.8 Å². The Morgan fingerprint density at radius 2 is 2.35 bits per heavy atom. The lowest BCUT2D eigenvalue weighted by Gasteiger charge is -2.16. The first-order chi connectivity index (χ1) is 9.47. The van der Waals surface area contributed by atoms with Gasteiger partial charge in [0.1, 0.15) is 11.0 Å². The van der Waals surface area contributed by atoms with Gasteiger partial charge in [-0.1, -0.05) is 13.8 Å². The zero-order valence-electron chi connectivity index (χ0n) is 11.6. The fourth-order valence-corrected chi connectivity index (χ4v) is 2.44. The van der Waals surface area contributed by atoms with Gasteiger partial charge in [-0.25, -0.2) is 4.79 Å². The second kappa shape index (κ2) is 6.08. The maximum Gasteiger partial charge on any atom is 0.407 e.